The Morgan fingerprint density at radius 2 is 1.49 bits per heavy atom. The molecule has 200 valence electrons. The molecular formula is C33H34Br2N4. The fourth-order valence-corrected chi connectivity index (χ4v) is 6.94. The van der Waals surface area contributed by atoms with Crippen molar-refractivity contribution in [2.24, 2.45) is 4.99 Å². The van der Waals surface area contributed by atoms with Crippen LogP contribution in [0.25, 0.3) is 17.7 Å². The molecule has 6 heteroatoms. The zero-order valence-corrected chi connectivity index (χ0v) is 26.1. The molecule has 0 aliphatic carbocycles. The van der Waals surface area contributed by atoms with Gasteiger partial charge in [-0.05, 0) is 122 Å². The highest BCUT2D eigenvalue weighted by molar-refractivity contribution is 9.18. The first-order chi connectivity index (χ1) is 19.0. The topological polar surface area (TPSA) is 59.7 Å². The summed E-state index contributed by atoms with van der Waals surface area (Å²) >= 11 is 7.37. The average molecular weight is 646 g/mol. The van der Waals surface area contributed by atoms with E-state index in [0.717, 1.165) is 79.5 Å². The second kappa shape index (κ2) is 12.0. The highest BCUT2D eigenvalue weighted by Gasteiger charge is 2.20. The van der Waals surface area contributed by atoms with Gasteiger partial charge in [-0.2, -0.15) is 0 Å². The SMILES string of the molecule is CCC1=C(CC)C(Br)=NC1=Cc1ccc(C(c2ccccc2)=c2cc/c(=C/c3[nH]c(Br)c(CC)c3CC)[nH]2)[nH]1. The van der Waals surface area contributed by atoms with E-state index in [2.05, 4.69) is 141 Å². The molecule has 4 heterocycles. The summed E-state index contributed by atoms with van der Waals surface area (Å²) < 4.78 is 2.04. The number of nitrogens with one attached hydrogen (secondary N) is 3. The first-order valence-electron chi connectivity index (χ1n) is 13.7. The van der Waals surface area contributed by atoms with Crippen LogP contribution < -0.4 is 10.7 Å². The molecule has 39 heavy (non-hydrogen) atoms. The van der Waals surface area contributed by atoms with Gasteiger partial charge >= 0.3 is 0 Å². The number of hydrogen-bond donors (Lipinski definition) is 3. The van der Waals surface area contributed by atoms with Gasteiger partial charge < -0.3 is 15.0 Å². The predicted molar refractivity (Wildman–Crippen MR) is 172 cm³/mol. The minimum Gasteiger partial charge on any atom is -0.355 e. The molecule has 0 radical (unpaired) electrons. The molecule has 0 spiro atoms. The van der Waals surface area contributed by atoms with Crippen molar-refractivity contribution in [3.63, 3.8) is 0 Å². The molecule has 1 aliphatic rings. The lowest BCUT2D eigenvalue weighted by atomic mass is 10.0. The van der Waals surface area contributed by atoms with Gasteiger partial charge in [-0.25, -0.2) is 4.99 Å². The standard InChI is InChI=1S/C33H34Br2N4/c1-5-23-25(7-3)32(34)38-29(23)18-21-14-16-27(36-21)31(20-12-10-9-11-13-20)28-17-15-22(37-28)19-30-24(6-2)26(8-4)33(35)39-30/h9-19,36-38H,5-8H2,1-4H3/b21-18-,30-19?,31-27?. The highest BCUT2D eigenvalue weighted by atomic mass is 79.9. The lowest BCUT2D eigenvalue weighted by molar-refractivity contribution is 1.05. The van der Waals surface area contributed by atoms with E-state index < -0.39 is 0 Å². The number of aromatic nitrogens is 3. The van der Waals surface area contributed by atoms with E-state index in [9.17, 15) is 0 Å². The smallest absolute Gasteiger partial charge is 0.110 e. The van der Waals surface area contributed by atoms with Crippen LogP contribution in [0.15, 0.2) is 81.0 Å². The van der Waals surface area contributed by atoms with Crippen molar-refractivity contribution in [1.29, 1.82) is 0 Å². The first kappa shape index (κ1) is 27.5. The summed E-state index contributed by atoms with van der Waals surface area (Å²) in [5.41, 5.74) is 11.9. The van der Waals surface area contributed by atoms with Gasteiger partial charge in [-0.1, -0.05) is 58.0 Å². The maximum absolute atomic E-state index is 4.81. The van der Waals surface area contributed by atoms with E-state index in [1.165, 1.54) is 22.3 Å². The Labute approximate surface area is 247 Å². The Kier molecular flexibility index (Phi) is 8.43. The Balaban J connectivity index is 1.61. The molecule has 1 aliphatic heterocycles. The minimum absolute atomic E-state index is 0.956. The minimum atomic E-state index is 0.956. The van der Waals surface area contributed by atoms with Gasteiger partial charge in [-0.15, -0.1) is 0 Å². The number of benzene rings is 1. The van der Waals surface area contributed by atoms with Crippen LogP contribution >= 0.6 is 31.9 Å². The number of nitrogens with zero attached hydrogens (tertiary/aromatic N) is 1. The molecule has 3 N–H and O–H groups in total. The van der Waals surface area contributed by atoms with Crippen molar-refractivity contribution in [3.8, 4) is 0 Å². The summed E-state index contributed by atoms with van der Waals surface area (Å²) in [6, 6.07) is 19.2. The van der Waals surface area contributed by atoms with E-state index in [4.69, 9.17) is 4.99 Å². The van der Waals surface area contributed by atoms with E-state index in [1.807, 2.05) is 0 Å². The average Bonchev–Trinajstić information content (AvgIpc) is 3.71. The quantitative estimate of drug-likeness (QED) is 0.175. The van der Waals surface area contributed by atoms with Crippen LogP contribution in [0.5, 0.6) is 0 Å². The van der Waals surface area contributed by atoms with Crippen molar-refractivity contribution in [2.45, 2.75) is 53.4 Å². The zero-order chi connectivity index (χ0) is 27.5. The lowest BCUT2D eigenvalue weighted by Gasteiger charge is -2.06. The summed E-state index contributed by atoms with van der Waals surface area (Å²) in [4.78, 5) is 15.7. The molecule has 0 saturated heterocycles. The van der Waals surface area contributed by atoms with Gasteiger partial charge in [-0.3, -0.25) is 0 Å². The number of hydrogen-bond acceptors (Lipinski definition) is 1. The van der Waals surface area contributed by atoms with Crippen LogP contribution in [0.3, 0.4) is 0 Å². The number of rotatable bonds is 8. The second-order valence-electron chi connectivity index (χ2n) is 9.65. The van der Waals surface area contributed by atoms with E-state index in [0.29, 0.717) is 0 Å². The Hall–Kier alpha value is -3.09. The van der Waals surface area contributed by atoms with Gasteiger partial charge in [0, 0.05) is 33.4 Å². The summed E-state index contributed by atoms with van der Waals surface area (Å²) in [6.07, 6.45) is 8.28. The van der Waals surface area contributed by atoms with Gasteiger partial charge in [0.05, 0.1) is 10.3 Å². The maximum atomic E-state index is 4.81. The van der Waals surface area contributed by atoms with Crippen LogP contribution in [0.4, 0.5) is 0 Å². The molecule has 0 atom stereocenters. The molecule has 0 amide bonds. The number of aromatic amines is 3. The predicted octanol–water partition coefficient (Wildman–Crippen LogP) is 7.90. The summed E-state index contributed by atoms with van der Waals surface area (Å²) in [5.74, 6) is 0. The summed E-state index contributed by atoms with van der Waals surface area (Å²) in [7, 11) is 0. The molecular weight excluding hydrogens is 612 g/mol. The highest BCUT2D eigenvalue weighted by Crippen LogP contribution is 2.33. The summed E-state index contributed by atoms with van der Waals surface area (Å²) in [5, 5.41) is 2.13. The molecule has 0 fully saturated rings. The molecule has 4 aromatic rings. The number of aliphatic imine (C=N–C) groups is 1. The van der Waals surface area contributed by atoms with Crippen LogP contribution in [-0.2, 0) is 12.8 Å². The van der Waals surface area contributed by atoms with Crippen LogP contribution in [0, 0.1) is 0 Å². The van der Waals surface area contributed by atoms with Crippen molar-refractivity contribution in [2.75, 3.05) is 0 Å². The van der Waals surface area contributed by atoms with Crippen molar-refractivity contribution in [1.82, 2.24) is 15.0 Å². The molecule has 0 bridgehead atoms. The summed E-state index contributed by atoms with van der Waals surface area (Å²) in [6.45, 7) is 8.79. The molecule has 0 unspecified atom stereocenters. The first-order valence-corrected chi connectivity index (χ1v) is 15.3. The molecule has 4 nitrogen and oxygen atoms in total. The van der Waals surface area contributed by atoms with Crippen LogP contribution in [0.2, 0.25) is 0 Å². The molecule has 0 saturated carbocycles. The third-order valence-electron chi connectivity index (χ3n) is 7.36. The van der Waals surface area contributed by atoms with E-state index in [-0.39, 0.29) is 0 Å². The Morgan fingerprint density at radius 1 is 0.744 bits per heavy atom. The zero-order valence-electron chi connectivity index (χ0n) is 22.9. The fraction of sp³-hybridized carbons (Fsp3) is 0.242. The number of halogens is 2. The van der Waals surface area contributed by atoms with Crippen molar-refractivity contribution >= 4 is 54.2 Å². The molecule has 5 rings (SSSR count). The fourth-order valence-electron chi connectivity index (χ4n) is 5.50. The molecule has 3 aromatic heterocycles. The third-order valence-corrected chi connectivity index (χ3v) is 8.70. The van der Waals surface area contributed by atoms with Crippen molar-refractivity contribution in [3.05, 3.63) is 121 Å². The second-order valence-corrected chi connectivity index (χ2v) is 11.2. The number of allylic oxidation sites excluding steroid dienone is 2. The van der Waals surface area contributed by atoms with E-state index >= 15 is 0 Å². The van der Waals surface area contributed by atoms with Gasteiger partial charge in [0.15, 0.2) is 0 Å². The largest absolute Gasteiger partial charge is 0.355 e. The monoisotopic (exact) mass is 644 g/mol. The van der Waals surface area contributed by atoms with Crippen LogP contribution in [-0.4, -0.2) is 19.6 Å². The van der Waals surface area contributed by atoms with Gasteiger partial charge in [0.25, 0.3) is 0 Å². The van der Waals surface area contributed by atoms with Crippen LogP contribution in [0.1, 0.15) is 74.3 Å². The third kappa shape index (κ3) is 5.50. The number of H-pyrrole nitrogens is 3. The lowest BCUT2D eigenvalue weighted by Crippen LogP contribution is -2.14. The maximum Gasteiger partial charge on any atom is 0.110 e. The van der Waals surface area contributed by atoms with Gasteiger partial charge in [0.1, 0.15) is 4.62 Å². The Morgan fingerprint density at radius 3 is 2.18 bits per heavy atom. The van der Waals surface area contributed by atoms with E-state index in [1.54, 1.807) is 0 Å². The van der Waals surface area contributed by atoms with Crippen molar-refractivity contribution < 1.29 is 0 Å². The normalized spacial score (nSPS) is 16.0. The Bertz CT molecular complexity index is 1710. The van der Waals surface area contributed by atoms with Gasteiger partial charge in [0.2, 0.25) is 0 Å². The molecule has 1 aromatic carbocycles.